The molecule has 0 saturated carbocycles. The van der Waals surface area contributed by atoms with Crippen LogP contribution in [0, 0.1) is 0 Å². The molecule has 0 N–H and O–H groups in total. The quantitative estimate of drug-likeness (QED) is 0.781. The fourth-order valence-electron chi connectivity index (χ4n) is 2.16. The number of rotatable bonds is 4. The number of hydrogen-bond donors (Lipinski definition) is 0. The van der Waals surface area contributed by atoms with Gasteiger partial charge in [0.15, 0.2) is 0 Å². The molecule has 2 heterocycles. The smallest absolute Gasteiger partial charge is 0.236 e. The zero-order valence-corrected chi connectivity index (χ0v) is 11.4. The second-order valence-electron chi connectivity index (χ2n) is 4.75. The van der Waals surface area contributed by atoms with E-state index >= 15 is 0 Å². The van der Waals surface area contributed by atoms with Crippen molar-refractivity contribution in [2.45, 2.75) is 19.4 Å². The number of nitrogens with zero attached hydrogens (tertiary/aromatic N) is 3. The van der Waals surface area contributed by atoms with Gasteiger partial charge in [-0.15, -0.1) is 0 Å². The number of carbonyl (C=O) groups is 1. The van der Waals surface area contributed by atoms with E-state index in [0.29, 0.717) is 18.2 Å². The zero-order chi connectivity index (χ0) is 13.0. The van der Waals surface area contributed by atoms with Gasteiger partial charge in [0.2, 0.25) is 5.91 Å². The Bertz CT molecular complexity index is 401. The first-order chi connectivity index (χ1) is 8.65. The Morgan fingerprint density at radius 1 is 1.44 bits per heavy atom. The van der Waals surface area contributed by atoms with E-state index in [9.17, 15) is 4.79 Å². The molecular formula is C13H18ClN3O. The maximum atomic E-state index is 11.9. The molecule has 1 aromatic heterocycles. The third kappa shape index (κ3) is 3.68. The van der Waals surface area contributed by atoms with Crippen LogP contribution >= 0.6 is 11.6 Å². The maximum Gasteiger partial charge on any atom is 0.236 e. The Kier molecular flexibility index (Phi) is 4.55. The molecular weight excluding hydrogens is 250 g/mol. The first-order valence-electron chi connectivity index (χ1n) is 6.22. The van der Waals surface area contributed by atoms with Crippen molar-refractivity contribution >= 4 is 17.5 Å². The van der Waals surface area contributed by atoms with E-state index in [1.54, 1.807) is 12.3 Å². The summed E-state index contributed by atoms with van der Waals surface area (Å²) in [7, 11) is 1.95. The number of hydrogen-bond acceptors (Lipinski definition) is 3. The second kappa shape index (κ2) is 6.16. The van der Waals surface area contributed by atoms with Gasteiger partial charge in [0.25, 0.3) is 0 Å². The van der Waals surface area contributed by atoms with Crippen LogP contribution in [0.1, 0.15) is 18.4 Å². The summed E-state index contributed by atoms with van der Waals surface area (Å²) < 4.78 is 0. The first-order valence-corrected chi connectivity index (χ1v) is 6.60. The lowest BCUT2D eigenvalue weighted by molar-refractivity contribution is -0.131. The van der Waals surface area contributed by atoms with Gasteiger partial charge in [0.1, 0.15) is 5.15 Å². The molecule has 0 aromatic carbocycles. The SMILES string of the molecule is CN(CC(=O)N1CCCC1)Cc1ccc(Cl)nc1. The van der Waals surface area contributed by atoms with Gasteiger partial charge in [0.05, 0.1) is 6.54 Å². The highest BCUT2D eigenvalue weighted by atomic mass is 35.5. The van der Waals surface area contributed by atoms with Crippen LogP contribution in [0.25, 0.3) is 0 Å². The van der Waals surface area contributed by atoms with Crippen molar-refractivity contribution in [3.05, 3.63) is 29.0 Å². The monoisotopic (exact) mass is 267 g/mol. The topological polar surface area (TPSA) is 36.4 Å². The van der Waals surface area contributed by atoms with E-state index in [-0.39, 0.29) is 5.91 Å². The van der Waals surface area contributed by atoms with Crippen molar-refractivity contribution in [2.75, 3.05) is 26.7 Å². The molecule has 5 heteroatoms. The fraction of sp³-hybridized carbons (Fsp3) is 0.538. The van der Waals surface area contributed by atoms with Crippen molar-refractivity contribution in [1.82, 2.24) is 14.8 Å². The lowest BCUT2D eigenvalue weighted by atomic mass is 10.2. The van der Waals surface area contributed by atoms with E-state index in [0.717, 1.165) is 31.5 Å². The molecule has 18 heavy (non-hydrogen) atoms. The number of likely N-dealkylation sites (tertiary alicyclic amines) is 1. The minimum absolute atomic E-state index is 0.219. The minimum Gasteiger partial charge on any atom is -0.342 e. The Balaban J connectivity index is 1.82. The van der Waals surface area contributed by atoms with Crippen LogP contribution in [-0.4, -0.2) is 47.4 Å². The lowest BCUT2D eigenvalue weighted by Gasteiger charge is -2.21. The number of amides is 1. The van der Waals surface area contributed by atoms with Gasteiger partial charge in [-0.05, 0) is 31.5 Å². The van der Waals surface area contributed by atoms with Crippen LogP contribution in [0.15, 0.2) is 18.3 Å². The van der Waals surface area contributed by atoms with E-state index in [1.807, 2.05) is 22.9 Å². The van der Waals surface area contributed by atoms with Crippen molar-refractivity contribution in [2.24, 2.45) is 0 Å². The summed E-state index contributed by atoms with van der Waals surface area (Å²) in [6, 6.07) is 3.71. The number of likely N-dealkylation sites (N-methyl/N-ethyl adjacent to an activating group) is 1. The fourth-order valence-corrected chi connectivity index (χ4v) is 2.28. The van der Waals surface area contributed by atoms with Crippen molar-refractivity contribution < 1.29 is 4.79 Å². The van der Waals surface area contributed by atoms with Gasteiger partial charge in [-0.1, -0.05) is 17.7 Å². The summed E-state index contributed by atoms with van der Waals surface area (Å²) in [5, 5.41) is 0.495. The average Bonchev–Trinajstić information content (AvgIpc) is 2.85. The number of carbonyl (C=O) groups excluding carboxylic acids is 1. The Labute approximate surface area is 113 Å². The third-order valence-corrected chi connectivity index (χ3v) is 3.33. The summed E-state index contributed by atoms with van der Waals surface area (Å²) in [4.78, 5) is 19.9. The standard InChI is InChI=1S/C13H18ClN3O/c1-16(9-11-4-5-12(14)15-8-11)10-13(18)17-6-2-3-7-17/h4-5,8H,2-3,6-7,9-10H2,1H3. The van der Waals surface area contributed by atoms with Gasteiger partial charge in [-0.25, -0.2) is 4.98 Å². The second-order valence-corrected chi connectivity index (χ2v) is 5.14. The van der Waals surface area contributed by atoms with Crippen LogP contribution in [-0.2, 0) is 11.3 Å². The molecule has 2 rings (SSSR count). The van der Waals surface area contributed by atoms with Crippen LogP contribution in [0.3, 0.4) is 0 Å². The molecule has 1 fully saturated rings. The zero-order valence-electron chi connectivity index (χ0n) is 10.6. The Morgan fingerprint density at radius 3 is 2.78 bits per heavy atom. The lowest BCUT2D eigenvalue weighted by Crippen LogP contribution is -2.36. The van der Waals surface area contributed by atoms with Gasteiger partial charge in [-0.2, -0.15) is 0 Å². The molecule has 1 saturated heterocycles. The highest BCUT2D eigenvalue weighted by molar-refractivity contribution is 6.29. The number of pyridine rings is 1. The van der Waals surface area contributed by atoms with Crippen molar-refractivity contribution in [3.63, 3.8) is 0 Å². The molecule has 1 amide bonds. The Hall–Kier alpha value is -1.13. The molecule has 0 bridgehead atoms. The van der Waals surface area contributed by atoms with Crippen LogP contribution < -0.4 is 0 Å². The molecule has 0 atom stereocenters. The summed E-state index contributed by atoms with van der Waals surface area (Å²) in [5.74, 6) is 0.219. The van der Waals surface area contributed by atoms with Crippen LogP contribution in [0.5, 0.6) is 0 Å². The van der Waals surface area contributed by atoms with Gasteiger partial charge >= 0.3 is 0 Å². The van der Waals surface area contributed by atoms with Crippen LogP contribution in [0.4, 0.5) is 0 Å². The minimum atomic E-state index is 0.219. The van der Waals surface area contributed by atoms with Gasteiger partial charge in [-0.3, -0.25) is 9.69 Å². The molecule has 0 spiro atoms. The van der Waals surface area contributed by atoms with E-state index in [1.165, 1.54) is 0 Å². The summed E-state index contributed by atoms with van der Waals surface area (Å²) in [6.45, 7) is 3.00. The summed E-state index contributed by atoms with van der Waals surface area (Å²) >= 11 is 5.73. The molecule has 1 aliphatic rings. The average molecular weight is 268 g/mol. The Morgan fingerprint density at radius 2 is 2.17 bits per heavy atom. The normalized spacial score (nSPS) is 15.4. The predicted molar refractivity (Wildman–Crippen MR) is 71.4 cm³/mol. The maximum absolute atomic E-state index is 11.9. The summed E-state index contributed by atoms with van der Waals surface area (Å²) in [6.07, 6.45) is 4.02. The third-order valence-electron chi connectivity index (χ3n) is 3.11. The highest BCUT2D eigenvalue weighted by Gasteiger charge is 2.18. The van der Waals surface area contributed by atoms with Crippen LogP contribution in [0.2, 0.25) is 5.15 Å². The first kappa shape index (κ1) is 13.3. The van der Waals surface area contributed by atoms with Crippen molar-refractivity contribution in [1.29, 1.82) is 0 Å². The van der Waals surface area contributed by atoms with Gasteiger partial charge in [0, 0.05) is 25.8 Å². The van der Waals surface area contributed by atoms with Gasteiger partial charge < -0.3 is 4.90 Å². The molecule has 98 valence electrons. The number of aromatic nitrogens is 1. The molecule has 0 unspecified atom stereocenters. The molecule has 1 aliphatic heterocycles. The predicted octanol–water partition coefficient (Wildman–Crippen LogP) is 1.79. The number of halogens is 1. The van der Waals surface area contributed by atoms with E-state index in [4.69, 9.17) is 11.6 Å². The van der Waals surface area contributed by atoms with E-state index < -0.39 is 0 Å². The molecule has 1 aromatic rings. The highest BCUT2D eigenvalue weighted by Crippen LogP contribution is 2.10. The van der Waals surface area contributed by atoms with E-state index in [2.05, 4.69) is 4.98 Å². The molecule has 0 aliphatic carbocycles. The largest absolute Gasteiger partial charge is 0.342 e. The van der Waals surface area contributed by atoms with Crippen molar-refractivity contribution in [3.8, 4) is 0 Å². The molecule has 0 radical (unpaired) electrons. The summed E-state index contributed by atoms with van der Waals surface area (Å²) in [5.41, 5.74) is 1.07. The molecule has 4 nitrogen and oxygen atoms in total.